The maximum atomic E-state index is 13.3. The van der Waals surface area contributed by atoms with Crippen LogP contribution in [0, 0.1) is 11.6 Å². The lowest BCUT2D eigenvalue weighted by molar-refractivity contribution is -0.139. The van der Waals surface area contributed by atoms with E-state index in [0.29, 0.717) is 12.0 Å². The molecule has 1 amide bonds. The van der Waals surface area contributed by atoms with E-state index in [1.165, 1.54) is 11.0 Å². The Morgan fingerprint density at radius 1 is 1.24 bits per heavy atom. The highest BCUT2D eigenvalue weighted by Crippen LogP contribution is 2.23. The maximum absolute atomic E-state index is 13.3. The fourth-order valence-corrected chi connectivity index (χ4v) is 2.92. The SMILES string of the molecule is C[C@H]1CC[C@@H](CCC(=O)N(CCC(=O)O)Cc2ccc(F)c(F)c2)O1. The van der Waals surface area contributed by atoms with E-state index in [-0.39, 0.29) is 44.0 Å². The van der Waals surface area contributed by atoms with Crippen LogP contribution in [-0.2, 0) is 20.9 Å². The summed E-state index contributed by atoms with van der Waals surface area (Å²) >= 11 is 0. The number of nitrogens with zero attached hydrogens (tertiary/aromatic N) is 1. The lowest BCUT2D eigenvalue weighted by atomic mass is 10.1. The molecule has 0 bridgehead atoms. The van der Waals surface area contributed by atoms with Crippen LogP contribution in [0.3, 0.4) is 0 Å². The summed E-state index contributed by atoms with van der Waals surface area (Å²) < 4.78 is 32.1. The third kappa shape index (κ3) is 6.08. The van der Waals surface area contributed by atoms with Crippen molar-refractivity contribution in [3.8, 4) is 0 Å². The maximum Gasteiger partial charge on any atom is 0.305 e. The molecule has 25 heavy (non-hydrogen) atoms. The number of rotatable bonds is 8. The van der Waals surface area contributed by atoms with Crippen molar-refractivity contribution in [2.45, 2.75) is 57.8 Å². The number of hydrogen-bond acceptors (Lipinski definition) is 3. The van der Waals surface area contributed by atoms with Gasteiger partial charge in [-0.1, -0.05) is 6.07 Å². The van der Waals surface area contributed by atoms with E-state index < -0.39 is 17.6 Å². The summed E-state index contributed by atoms with van der Waals surface area (Å²) in [6, 6.07) is 3.41. The molecule has 0 spiro atoms. The zero-order valence-electron chi connectivity index (χ0n) is 14.2. The Morgan fingerprint density at radius 2 is 2.00 bits per heavy atom. The van der Waals surface area contributed by atoms with E-state index in [2.05, 4.69) is 0 Å². The summed E-state index contributed by atoms with van der Waals surface area (Å²) in [5.74, 6) is -3.18. The molecule has 0 saturated carbocycles. The number of hydrogen-bond donors (Lipinski definition) is 1. The normalized spacial score (nSPS) is 19.8. The van der Waals surface area contributed by atoms with Crippen molar-refractivity contribution in [3.05, 3.63) is 35.4 Å². The molecule has 1 fully saturated rings. The van der Waals surface area contributed by atoms with Crippen molar-refractivity contribution in [3.63, 3.8) is 0 Å². The van der Waals surface area contributed by atoms with Crippen LogP contribution in [0.4, 0.5) is 8.78 Å². The van der Waals surface area contributed by atoms with E-state index in [4.69, 9.17) is 9.84 Å². The average Bonchev–Trinajstić information content (AvgIpc) is 2.97. The van der Waals surface area contributed by atoms with Gasteiger partial charge in [-0.25, -0.2) is 8.78 Å². The number of halogens is 2. The van der Waals surface area contributed by atoms with E-state index in [0.717, 1.165) is 25.0 Å². The van der Waals surface area contributed by atoms with Crippen LogP contribution in [0.25, 0.3) is 0 Å². The largest absolute Gasteiger partial charge is 0.481 e. The predicted molar refractivity (Wildman–Crippen MR) is 86.8 cm³/mol. The van der Waals surface area contributed by atoms with Gasteiger partial charge in [-0.3, -0.25) is 9.59 Å². The van der Waals surface area contributed by atoms with Crippen molar-refractivity contribution in [2.75, 3.05) is 6.54 Å². The van der Waals surface area contributed by atoms with E-state index in [1.807, 2.05) is 6.92 Å². The van der Waals surface area contributed by atoms with Crippen LogP contribution in [-0.4, -0.2) is 40.6 Å². The molecule has 0 aliphatic carbocycles. The first-order valence-corrected chi connectivity index (χ1v) is 8.44. The summed E-state index contributed by atoms with van der Waals surface area (Å²) in [6.45, 7) is 2.06. The minimum atomic E-state index is -1.02. The van der Waals surface area contributed by atoms with Gasteiger partial charge in [0.05, 0.1) is 18.6 Å². The van der Waals surface area contributed by atoms with Gasteiger partial charge in [0.15, 0.2) is 11.6 Å². The Hall–Kier alpha value is -2.02. The average molecular weight is 355 g/mol. The number of carboxylic acids is 1. The quantitative estimate of drug-likeness (QED) is 0.778. The van der Waals surface area contributed by atoms with Crippen molar-refractivity contribution in [1.82, 2.24) is 4.90 Å². The highest BCUT2D eigenvalue weighted by Gasteiger charge is 2.24. The highest BCUT2D eigenvalue weighted by atomic mass is 19.2. The number of amides is 1. The summed E-state index contributed by atoms with van der Waals surface area (Å²) in [5.41, 5.74) is 0.420. The van der Waals surface area contributed by atoms with E-state index >= 15 is 0 Å². The Bertz CT molecular complexity index is 623. The second-order valence-corrected chi connectivity index (χ2v) is 6.39. The summed E-state index contributed by atoms with van der Waals surface area (Å²) in [5, 5.41) is 8.85. The van der Waals surface area contributed by atoms with Crippen LogP contribution in [0.2, 0.25) is 0 Å². The number of benzene rings is 1. The standard InChI is InChI=1S/C18H23F2NO4/c1-12-2-4-14(25-12)5-7-17(22)21(9-8-18(23)24)11-13-3-6-15(19)16(20)10-13/h3,6,10,12,14H,2,4-5,7-9,11H2,1H3,(H,23,24)/t12-,14-/m0/s1. The van der Waals surface area contributed by atoms with Crippen molar-refractivity contribution in [1.29, 1.82) is 0 Å². The molecular formula is C18H23F2NO4. The van der Waals surface area contributed by atoms with Gasteiger partial charge in [0.1, 0.15) is 0 Å². The fourth-order valence-electron chi connectivity index (χ4n) is 2.92. The second-order valence-electron chi connectivity index (χ2n) is 6.39. The van der Waals surface area contributed by atoms with Crippen LogP contribution in [0.1, 0.15) is 44.6 Å². The van der Waals surface area contributed by atoms with Crippen LogP contribution < -0.4 is 0 Å². The first-order valence-electron chi connectivity index (χ1n) is 8.44. The van der Waals surface area contributed by atoms with Gasteiger partial charge in [-0.2, -0.15) is 0 Å². The molecule has 2 atom stereocenters. The molecule has 1 saturated heterocycles. The molecule has 1 heterocycles. The van der Waals surface area contributed by atoms with Crippen LogP contribution in [0.15, 0.2) is 18.2 Å². The lowest BCUT2D eigenvalue weighted by Crippen LogP contribution is -2.33. The van der Waals surface area contributed by atoms with Gasteiger partial charge in [0, 0.05) is 19.5 Å². The Balaban J connectivity index is 1.96. The zero-order valence-corrected chi connectivity index (χ0v) is 14.2. The molecule has 1 aliphatic rings. The lowest BCUT2D eigenvalue weighted by Gasteiger charge is -2.23. The van der Waals surface area contributed by atoms with E-state index in [9.17, 15) is 18.4 Å². The molecule has 5 nitrogen and oxygen atoms in total. The first kappa shape index (κ1) is 19.3. The number of carbonyl (C=O) groups excluding carboxylic acids is 1. The van der Waals surface area contributed by atoms with Gasteiger partial charge < -0.3 is 14.7 Å². The van der Waals surface area contributed by atoms with Crippen LogP contribution in [0.5, 0.6) is 0 Å². The smallest absolute Gasteiger partial charge is 0.305 e. The summed E-state index contributed by atoms with van der Waals surface area (Å²) in [6.07, 6.45) is 2.73. The number of carbonyl (C=O) groups is 2. The van der Waals surface area contributed by atoms with Crippen molar-refractivity contribution >= 4 is 11.9 Å². The van der Waals surface area contributed by atoms with Crippen molar-refractivity contribution < 1.29 is 28.2 Å². The minimum Gasteiger partial charge on any atom is -0.481 e. The number of ether oxygens (including phenoxy) is 1. The Morgan fingerprint density at radius 3 is 2.60 bits per heavy atom. The molecule has 0 aromatic heterocycles. The number of aliphatic carboxylic acids is 1. The molecule has 1 aliphatic heterocycles. The summed E-state index contributed by atoms with van der Waals surface area (Å²) in [4.78, 5) is 24.6. The molecular weight excluding hydrogens is 332 g/mol. The third-order valence-corrected chi connectivity index (χ3v) is 4.31. The van der Waals surface area contributed by atoms with Gasteiger partial charge in [-0.05, 0) is 43.9 Å². The molecule has 1 N–H and O–H groups in total. The Labute approximate surface area is 145 Å². The molecule has 7 heteroatoms. The zero-order chi connectivity index (χ0) is 18.4. The van der Waals surface area contributed by atoms with Gasteiger partial charge in [0.2, 0.25) is 5.91 Å². The van der Waals surface area contributed by atoms with Crippen LogP contribution >= 0.6 is 0 Å². The monoisotopic (exact) mass is 355 g/mol. The predicted octanol–water partition coefficient (Wildman–Crippen LogP) is 3.12. The molecule has 1 aromatic carbocycles. The highest BCUT2D eigenvalue weighted by molar-refractivity contribution is 5.77. The fraction of sp³-hybridized carbons (Fsp3) is 0.556. The van der Waals surface area contributed by atoms with E-state index in [1.54, 1.807) is 0 Å². The third-order valence-electron chi connectivity index (χ3n) is 4.31. The number of carboxylic acid groups (broad SMARTS) is 1. The van der Waals surface area contributed by atoms with Gasteiger partial charge in [0.25, 0.3) is 0 Å². The minimum absolute atomic E-state index is 0.0229. The molecule has 0 radical (unpaired) electrons. The van der Waals surface area contributed by atoms with Crippen molar-refractivity contribution in [2.24, 2.45) is 0 Å². The molecule has 138 valence electrons. The first-order chi connectivity index (χ1) is 11.8. The molecule has 0 unspecified atom stereocenters. The molecule has 1 aromatic rings. The topological polar surface area (TPSA) is 66.8 Å². The summed E-state index contributed by atoms with van der Waals surface area (Å²) in [7, 11) is 0. The Kier molecular flexibility index (Phi) is 6.87. The second kappa shape index (κ2) is 8.89. The van der Waals surface area contributed by atoms with Gasteiger partial charge >= 0.3 is 5.97 Å². The van der Waals surface area contributed by atoms with Gasteiger partial charge in [-0.15, -0.1) is 0 Å². The molecule has 2 rings (SSSR count).